The molecule has 0 radical (unpaired) electrons. The molecule has 3 heterocycles. The Bertz CT molecular complexity index is 460. The van der Waals surface area contributed by atoms with Gasteiger partial charge >= 0.3 is 0 Å². The third kappa shape index (κ3) is 1.61. The Morgan fingerprint density at radius 1 is 1.40 bits per heavy atom. The largest absolute Gasteiger partial charge is 0.425 e. The fraction of sp³-hybridized carbons (Fsp3) is 0.455. The van der Waals surface area contributed by atoms with E-state index in [2.05, 4.69) is 21.4 Å². The maximum Gasteiger partial charge on any atom is 0.246 e. The summed E-state index contributed by atoms with van der Waals surface area (Å²) in [7, 11) is 0. The Hall–Kier alpha value is -1.42. The SMILES string of the molecule is c1nc2cc(C3CCCNC3)cnc2o1. The molecule has 78 valence electrons. The molecule has 0 bridgehead atoms. The van der Waals surface area contributed by atoms with Crippen molar-refractivity contribution < 1.29 is 4.42 Å². The van der Waals surface area contributed by atoms with Crippen LogP contribution in [0.1, 0.15) is 24.3 Å². The molecular formula is C11H13N3O. The van der Waals surface area contributed by atoms with Gasteiger partial charge in [0.2, 0.25) is 5.71 Å². The van der Waals surface area contributed by atoms with Crippen molar-refractivity contribution in [3.05, 3.63) is 24.2 Å². The molecule has 2 aromatic heterocycles. The highest BCUT2D eigenvalue weighted by Crippen LogP contribution is 2.24. The van der Waals surface area contributed by atoms with Crippen molar-refractivity contribution in [2.75, 3.05) is 13.1 Å². The molecule has 1 aliphatic heterocycles. The molecule has 4 heteroatoms. The molecule has 0 saturated carbocycles. The summed E-state index contributed by atoms with van der Waals surface area (Å²) in [4.78, 5) is 8.38. The predicted octanol–water partition coefficient (Wildman–Crippen LogP) is 1.69. The monoisotopic (exact) mass is 203 g/mol. The van der Waals surface area contributed by atoms with Crippen LogP contribution < -0.4 is 5.32 Å². The van der Waals surface area contributed by atoms with Crippen LogP contribution in [0.2, 0.25) is 0 Å². The van der Waals surface area contributed by atoms with Gasteiger partial charge in [0.15, 0.2) is 6.39 Å². The van der Waals surface area contributed by atoms with Crippen LogP contribution in [-0.2, 0) is 0 Å². The second-order valence-electron chi connectivity index (χ2n) is 3.99. The Morgan fingerprint density at radius 3 is 3.27 bits per heavy atom. The zero-order chi connectivity index (χ0) is 10.1. The zero-order valence-corrected chi connectivity index (χ0v) is 8.44. The molecule has 1 saturated heterocycles. The molecule has 1 N–H and O–H groups in total. The fourth-order valence-corrected chi connectivity index (χ4v) is 2.13. The van der Waals surface area contributed by atoms with Gasteiger partial charge in [-0.1, -0.05) is 0 Å². The van der Waals surface area contributed by atoms with Crippen LogP contribution in [0.3, 0.4) is 0 Å². The smallest absolute Gasteiger partial charge is 0.246 e. The molecule has 1 aliphatic rings. The number of nitrogens with one attached hydrogen (secondary N) is 1. The van der Waals surface area contributed by atoms with Gasteiger partial charge in [0.05, 0.1) is 0 Å². The third-order valence-electron chi connectivity index (χ3n) is 2.98. The molecule has 15 heavy (non-hydrogen) atoms. The minimum absolute atomic E-state index is 0.576. The van der Waals surface area contributed by atoms with Gasteiger partial charge in [-0.3, -0.25) is 0 Å². The van der Waals surface area contributed by atoms with Crippen molar-refractivity contribution in [1.82, 2.24) is 15.3 Å². The maximum absolute atomic E-state index is 5.12. The second kappa shape index (κ2) is 3.62. The first-order chi connectivity index (χ1) is 7.43. The second-order valence-corrected chi connectivity index (χ2v) is 3.99. The van der Waals surface area contributed by atoms with E-state index in [1.807, 2.05) is 6.20 Å². The first-order valence-electron chi connectivity index (χ1n) is 5.33. The van der Waals surface area contributed by atoms with E-state index < -0.39 is 0 Å². The number of rotatable bonds is 1. The van der Waals surface area contributed by atoms with E-state index in [1.165, 1.54) is 24.8 Å². The average Bonchev–Trinajstić information content (AvgIpc) is 2.77. The Labute approximate surface area is 87.7 Å². The highest BCUT2D eigenvalue weighted by Gasteiger charge is 2.16. The molecule has 1 unspecified atom stereocenters. The molecule has 0 aliphatic carbocycles. The number of fused-ring (bicyclic) bond motifs is 1. The lowest BCUT2D eigenvalue weighted by Gasteiger charge is -2.22. The van der Waals surface area contributed by atoms with Gasteiger partial charge in [-0.05, 0) is 36.9 Å². The third-order valence-corrected chi connectivity index (χ3v) is 2.98. The van der Waals surface area contributed by atoms with Gasteiger partial charge in [-0.25, -0.2) is 9.97 Å². The topological polar surface area (TPSA) is 51.0 Å². The molecule has 0 aromatic carbocycles. The number of hydrogen-bond donors (Lipinski definition) is 1. The zero-order valence-electron chi connectivity index (χ0n) is 8.44. The van der Waals surface area contributed by atoms with E-state index in [9.17, 15) is 0 Å². The molecule has 2 aromatic rings. The van der Waals surface area contributed by atoms with E-state index in [0.717, 1.165) is 18.6 Å². The lowest BCUT2D eigenvalue weighted by molar-refractivity contribution is 0.461. The van der Waals surface area contributed by atoms with Crippen LogP contribution in [0.25, 0.3) is 11.2 Å². The summed E-state index contributed by atoms with van der Waals surface area (Å²) >= 11 is 0. The molecule has 0 spiro atoms. The molecule has 3 rings (SSSR count). The van der Waals surface area contributed by atoms with Gasteiger partial charge in [-0.2, -0.15) is 0 Å². The van der Waals surface area contributed by atoms with Crippen LogP contribution in [0.15, 0.2) is 23.1 Å². The van der Waals surface area contributed by atoms with Crippen LogP contribution in [-0.4, -0.2) is 23.1 Å². The molecular weight excluding hydrogens is 190 g/mol. The number of oxazole rings is 1. The highest BCUT2D eigenvalue weighted by molar-refractivity contribution is 5.68. The summed E-state index contributed by atoms with van der Waals surface area (Å²) in [5, 5.41) is 3.40. The fourth-order valence-electron chi connectivity index (χ4n) is 2.13. The van der Waals surface area contributed by atoms with E-state index in [1.54, 1.807) is 0 Å². The van der Waals surface area contributed by atoms with E-state index >= 15 is 0 Å². The Morgan fingerprint density at radius 2 is 2.40 bits per heavy atom. The lowest BCUT2D eigenvalue weighted by Crippen LogP contribution is -2.28. The maximum atomic E-state index is 5.12. The van der Waals surface area contributed by atoms with Crippen LogP contribution >= 0.6 is 0 Å². The van der Waals surface area contributed by atoms with E-state index in [4.69, 9.17) is 4.42 Å². The van der Waals surface area contributed by atoms with Crippen LogP contribution in [0.5, 0.6) is 0 Å². The summed E-state index contributed by atoms with van der Waals surface area (Å²) in [5.74, 6) is 0.576. The van der Waals surface area contributed by atoms with Crippen molar-refractivity contribution >= 4 is 11.2 Å². The Balaban J connectivity index is 1.95. The minimum atomic E-state index is 0.576. The summed E-state index contributed by atoms with van der Waals surface area (Å²) in [6.45, 7) is 2.18. The first kappa shape index (κ1) is 8.85. The summed E-state index contributed by atoms with van der Waals surface area (Å²) < 4.78 is 5.12. The number of pyridine rings is 1. The van der Waals surface area contributed by atoms with Gasteiger partial charge in [0, 0.05) is 12.7 Å². The summed E-state index contributed by atoms with van der Waals surface area (Å²) in [6.07, 6.45) is 5.82. The van der Waals surface area contributed by atoms with Crippen LogP contribution in [0.4, 0.5) is 0 Å². The van der Waals surface area contributed by atoms with Crippen molar-refractivity contribution in [2.24, 2.45) is 0 Å². The number of nitrogens with zero attached hydrogens (tertiary/aromatic N) is 2. The number of hydrogen-bond acceptors (Lipinski definition) is 4. The van der Waals surface area contributed by atoms with Crippen molar-refractivity contribution in [3.8, 4) is 0 Å². The molecule has 4 nitrogen and oxygen atoms in total. The van der Waals surface area contributed by atoms with Crippen molar-refractivity contribution in [3.63, 3.8) is 0 Å². The van der Waals surface area contributed by atoms with Crippen LogP contribution in [0, 0.1) is 0 Å². The molecule has 1 atom stereocenters. The van der Waals surface area contributed by atoms with E-state index in [0.29, 0.717) is 11.6 Å². The first-order valence-corrected chi connectivity index (χ1v) is 5.33. The minimum Gasteiger partial charge on any atom is -0.425 e. The highest BCUT2D eigenvalue weighted by atomic mass is 16.3. The quantitative estimate of drug-likeness (QED) is 0.766. The van der Waals surface area contributed by atoms with Crippen molar-refractivity contribution in [1.29, 1.82) is 0 Å². The molecule has 1 fully saturated rings. The number of piperidine rings is 1. The summed E-state index contributed by atoms with van der Waals surface area (Å²) in [6, 6.07) is 2.09. The summed E-state index contributed by atoms with van der Waals surface area (Å²) in [5.41, 5.74) is 2.75. The van der Waals surface area contributed by atoms with Gasteiger partial charge in [0.1, 0.15) is 5.52 Å². The lowest BCUT2D eigenvalue weighted by atomic mass is 9.93. The number of aromatic nitrogens is 2. The molecule has 0 amide bonds. The standard InChI is InChI=1S/C11H13N3O/c1-2-8(5-12-3-1)9-4-10-11(13-6-9)15-7-14-10/h4,6-8,12H,1-3,5H2. The van der Waals surface area contributed by atoms with Gasteiger partial charge in [-0.15, -0.1) is 0 Å². The Kier molecular flexibility index (Phi) is 2.14. The van der Waals surface area contributed by atoms with Crippen molar-refractivity contribution in [2.45, 2.75) is 18.8 Å². The van der Waals surface area contributed by atoms with Gasteiger partial charge < -0.3 is 9.73 Å². The predicted molar refractivity (Wildman–Crippen MR) is 56.6 cm³/mol. The average molecular weight is 203 g/mol. The van der Waals surface area contributed by atoms with E-state index in [-0.39, 0.29) is 0 Å². The normalized spacial score (nSPS) is 22.0. The van der Waals surface area contributed by atoms with Gasteiger partial charge in [0.25, 0.3) is 0 Å².